The molecule has 0 saturated carbocycles. The normalized spacial score (nSPS) is 13.0. The lowest BCUT2D eigenvalue weighted by Gasteiger charge is -2.23. The number of amidine groups is 1. The van der Waals surface area contributed by atoms with Crippen LogP contribution in [0.1, 0.15) is 30.0 Å². The number of aryl methyl sites for hydroxylation is 1. The lowest BCUT2D eigenvalue weighted by atomic mass is 10.2. The Morgan fingerprint density at radius 1 is 1.50 bits per heavy atom. The van der Waals surface area contributed by atoms with E-state index in [9.17, 15) is 0 Å². The number of rotatable bonds is 6. The molecule has 4 heteroatoms. The van der Waals surface area contributed by atoms with Gasteiger partial charge in [-0.15, -0.1) is 11.3 Å². The molecular formula is C12H21N3S. The Morgan fingerprint density at radius 2 is 2.12 bits per heavy atom. The maximum absolute atomic E-state index is 7.29. The number of hydrogen-bond donors (Lipinski definition) is 2. The molecule has 1 atom stereocenters. The van der Waals surface area contributed by atoms with Gasteiger partial charge < -0.3 is 5.73 Å². The van der Waals surface area contributed by atoms with E-state index >= 15 is 0 Å². The fraction of sp³-hybridized carbons (Fsp3) is 0.583. The third-order valence-electron chi connectivity index (χ3n) is 2.74. The summed E-state index contributed by atoms with van der Waals surface area (Å²) in [6.07, 6.45) is 1.75. The molecule has 0 saturated heterocycles. The zero-order valence-corrected chi connectivity index (χ0v) is 11.1. The first-order chi connectivity index (χ1) is 7.52. The molecule has 0 radical (unpaired) electrons. The van der Waals surface area contributed by atoms with Crippen molar-refractivity contribution >= 4 is 17.2 Å². The summed E-state index contributed by atoms with van der Waals surface area (Å²) in [7, 11) is 2.08. The Kier molecular flexibility index (Phi) is 4.96. The average molecular weight is 239 g/mol. The number of nitrogens with two attached hydrogens (primary N) is 1. The van der Waals surface area contributed by atoms with Crippen LogP contribution in [0.15, 0.2) is 12.1 Å². The predicted octanol–water partition coefficient (Wildman–Crippen LogP) is 2.46. The number of nitrogens with one attached hydrogen (secondary N) is 1. The van der Waals surface area contributed by atoms with Gasteiger partial charge in [-0.1, -0.05) is 6.92 Å². The van der Waals surface area contributed by atoms with E-state index in [0.29, 0.717) is 12.5 Å². The van der Waals surface area contributed by atoms with Gasteiger partial charge in [0.15, 0.2) is 0 Å². The van der Waals surface area contributed by atoms with Crippen molar-refractivity contribution in [3.63, 3.8) is 0 Å². The maximum Gasteiger partial charge on any atom is 0.0920 e. The van der Waals surface area contributed by atoms with Crippen LogP contribution in [-0.4, -0.2) is 23.8 Å². The molecule has 16 heavy (non-hydrogen) atoms. The van der Waals surface area contributed by atoms with Crippen LogP contribution in [0.2, 0.25) is 0 Å². The molecule has 0 spiro atoms. The van der Waals surface area contributed by atoms with Gasteiger partial charge in [0.1, 0.15) is 0 Å². The third kappa shape index (κ3) is 3.94. The van der Waals surface area contributed by atoms with Gasteiger partial charge in [-0.3, -0.25) is 10.3 Å². The highest BCUT2D eigenvalue weighted by atomic mass is 32.1. The van der Waals surface area contributed by atoms with Crippen LogP contribution >= 0.6 is 11.3 Å². The second-order valence-electron chi connectivity index (χ2n) is 4.22. The van der Waals surface area contributed by atoms with E-state index in [1.54, 1.807) is 0 Å². The molecule has 1 aromatic heterocycles. The van der Waals surface area contributed by atoms with E-state index in [0.717, 1.165) is 13.0 Å². The maximum atomic E-state index is 7.29. The standard InChI is InChI=1S/C12H21N3S/c1-4-10-5-6-11(16-10)8-15(3)9(2)7-12(13)14/h5-6,9H,4,7-8H2,1-3H3,(H3,13,14). The third-order valence-corrected chi connectivity index (χ3v) is 3.95. The van der Waals surface area contributed by atoms with E-state index in [2.05, 4.69) is 37.9 Å². The Hall–Kier alpha value is -0.870. The van der Waals surface area contributed by atoms with Crippen LogP contribution in [-0.2, 0) is 13.0 Å². The monoisotopic (exact) mass is 239 g/mol. The molecule has 90 valence electrons. The Labute approximate surface area is 102 Å². The summed E-state index contributed by atoms with van der Waals surface area (Å²) in [5.74, 6) is 0.264. The van der Waals surface area contributed by atoms with Crippen molar-refractivity contribution in [3.8, 4) is 0 Å². The fourth-order valence-corrected chi connectivity index (χ4v) is 2.59. The molecule has 3 N–H and O–H groups in total. The molecule has 3 nitrogen and oxygen atoms in total. The van der Waals surface area contributed by atoms with E-state index in [-0.39, 0.29) is 5.84 Å². The van der Waals surface area contributed by atoms with Gasteiger partial charge in [-0.2, -0.15) is 0 Å². The molecule has 0 fully saturated rings. The first-order valence-electron chi connectivity index (χ1n) is 5.63. The smallest absolute Gasteiger partial charge is 0.0920 e. The second kappa shape index (κ2) is 6.01. The van der Waals surface area contributed by atoms with Crippen molar-refractivity contribution in [3.05, 3.63) is 21.9 Å². The van der Waals surface area contributed by atoms with Crippen LogP contribution in [0, 0.1) is 5.41 Å². The van der Waals surface area contributed by atoms with Crippen molar-refractivity contribution in [1.82, 2.24) is 4.90 Å². The van der Waals surface area contributed by atoms with Crippen molar-refractivity contribution in [2.75, 3.05) is 7.05 Å². The van der Waals surface area contributed by atoms with Crippen molar-refractivity contribution in [1.29, 1.82) is 5.41 Å². The lowest BCUT2D eigenvalue weighted by Crippen LogP contribution is -2.32. The first kappa shape index (κ1) is 13.2. The summed E-state index contributed by atoms with van der Waals surface area (Å²) in [5, 5.41) is 7.29. The van der Waals surface area contributed by atoms with Gasteiger partial charge in [0.25, 0.3) is 0 Å². The molecule has 0 aromatic carbocycles. The number of hydrogen-bond acceptors (Lipinski definition) is 3. The minimum atomic E-state index is 0.264. The molecular weight excluding hydrogens is 218 g/mol. The zero-order valence-electron chi connectivity index (χ0n) is 10.3. The molecule has 1 unspecified atom stereocenters. The molecule has 1 heterocycles. The predicted molar refractivity (Wildman–Crippen MR) is 71.2 cm³/mol. The van der Waals surface area contributed by atoms with Crippen LogP contribution < -0.4 is 5.73 Å². The van der Waals surface area contributed by atoms with Crippen LogP contribution in [0.25, 0.3) is 0 Å². The SMILES string of the molecule is CCc1ccc(CN(C)C(C)CC(=N)N)s1. The van der Waals surface area contributed by atoms with Gasteiger partial charge in [0.2, 0.25) is 0 Å². The minimum Gasteiger partial charge on any atom is -0.388 e. The topological polar surface area (TPSA) is 53.1 Å². The number of nitrogens with zero attached hydrogens (tertiary/aromatic N) is 1. The average Bonchev–Trinajstić information content (AvgIpc) is 2.64. The number of thiophene rings is 1. The summed E-state index contributed by atoms with van der Waals surface area (Å²) >= 11 is 1.87. The van der Waals surface area contributed by atoms with E-state index < -0.39 is 0 Å². The molecule has 0 aliphatic heterocycles. The molecule has 0 amide bonds. The zero-order chi connectivity index (χ0) is 12.1. The molecule has 0 aliphatic rings. The summed E-state index contributed by atoms with van der Waals surface area (Å²) in [4.78, 5) is 5.06. The fourth-order valence-electron chi connectivity index (χ4n) is 1.57. The molecule has 1 rings (SSSR count). The summed E-state index contributed by atoms with van der Waals surface area (Å²) in [6, 6.07) is 4.72. The quantitative estimate of drug-likeness (QED) is 0.592. The molecule has 0 bridgehead atoms. The summed E-state index contributed by atoms with van der Waals surface area (Å²) in [6.45, 7) is 5.23. The minimum absolute atomic E-state index is 0.264. The van der Waals surface area contributed by atoms with Gasteiger partial charge in [0.05, 0.1) is 5.84 Å². The highest BCUT2D eigenvalue weighted by Gasteiger charge is 2.11. The van der Waals surface area contributed by atoms with Crippen LogP contribution in [0.4, 0.5) is 0 Å². The van der Waals surface area contributed by atoms with E-state index in [4.69, 9.17) is 11.1 Å². The van der Waals surface area contributed by atoms with Crippen molar-refractivity contribution < 1.29 is 0 Å². The lowest BCUT2D eigenvalue weighted by molar-refractivity contribution is 0.256. The first-order valence-corrected chi connectivity index (χ1v) is 6.45. The van der Waals surface area contributed by atoms with Crippen LogP contribution in [0.5, 0.6) is 0 Å². The molecule has 0 aliphatic carbocycles. The largest absolute Gasteiger partial charge is 0.388 e. The molecule has 1 aromatic rings. The Bertz CT molecular complexity index is 346. The van der Waals surface area contributed by atoms with Gasteiger partial charge in [0, 0.05) is 28.8 Å². The Morgan fingerprint density at radius 3 is 2.62 bits per heavy atom. The van der Waals surface area contributed by atoms with Gasteiger partial charge >= 0.3 is 0 Å². The van der Waals surface area contributed by atoms with Crippen molar-refractivity contribution in [2.24, 2.45) is 5.73 Å². The summed E-state index contributed by atoms with van der Waals surface area (Å²) in [5.41, 5.74) is 5.41. The second-order valence-corrected chi connectivity index (χ2v) is 5.47. The van der Waals surface area contributed by atoms with Gasteiger partial charge in [-0.05, 0) is 32.5 Å². The van der Waals surface area contributed by atoms with Gasteiger partial charge in [-0.25, -0.2) is 0 Å². The van der Waals surface area contributed by atoms with Crippen LogP contribution in [0.3, 0.4) is 0 Å². The van der Waals surface area contributed by atoms with E-state index in [1.807, 2.05) is 11.3 Å². The highest BCUT2D eigenvalue weighted by molar-refractivity contribution is 7.11. The highest BCUT2D eigenvalue weighted by Crippen LogP contribution is 2.19. The Balaban J connectivity index is 2.49. The van der Waals surface area contributed by atoms with E-state index in [1.165, 1.54) is 9.75 Å². The van der Waals surface area contributed by atoms with Crippen molar-refractivity contribution in [2.45, 2.75) is 39.3 Å². The summed E-state index contributed by atoms with van der Waals surface area (Å²) < 4.78 is 0.